The Morgan fingerprint density at radius 1 is 1.13 bits per heavy atom. The maximum Gasteiger partial charge on any atom is 0.241 e. The van der Waals surface area contributed by atoms with Crippen LogP contribution in [0, 0.1) is 0 Å². The average molecular weight is 311 g/mol. The molecule has 0 aromatic heterocycles. The first-order chi connectivity index (χ1) is 11.1. The highest BCUT2D eigenvalue weighted by Crippen LogP contribution is 2.26. The van der Waals surface area contributed by atoms with Crippen molar-refractivity contribution in [1.82, 2.24) is 0 Å². The Kier molecular flexibility index (Phi) is 6.18. The maximum atomic E-state index is 12.2. The van der Waals surface area contributed by atoms with Crippen LogP contribution >= 0.6 is 0 Å². The molecule has 23 heavy (non-hydrogen) atoms. The summed E-state index contributed by atoms with van der Waals surface area (Å²) >= 11 is 0. The lowest BCUT2D eigenvalue weighted by Gasteiger charge is -2.23. The van der Waals surface area contributed by atoms with E-state index in [2.05, 4.69) is 22.3 Å². The second-order valence-electron chi connectivity index (χ2n) is 5.74. The topological polar surface area (TPSA) is 58.4 Å². The number of nitrogens with two attached hydrogens (primary N) is 1. The molecule has 4 nitrogen and oxygen atoms in total. The second kappa shape index (κ2) is 8.34. The van der Waals surface area contributed by atoms with Crippen LogP contribution in [0.25, 0.3) is 0 Å². The summed E-state index contributed by atoms with van der Waals surface area (Å²) < 4.78 is 0. The Hall–Kier alpha value is -2.33. The molecule has 0 spiro atoms. The summed E-state index contributed by atoms with van der Waals surface area (Å²) in [6, 6.07) is 17.6. The molecule has 0 saturated carbocycles. The molecule has 2 rings (SSSR count). The first-order valence-corrected chi connectivity index (χ1v) is 8.02. The number of amides is 1. The maximum absolute atomic E-state index is 12.2. The first kappa shape index (κ1) is 17.0. The van der Waals surface area contributed by atoms with Gasteiger partial charge >= 0.3 is 0 Å². The summed E-state index contributed by atoms with van der Waals surface area (Å²) in [7, 11) is 2.02. The highest BCUT2D eigenvalue weighted by atomic mass is 16.2. The number of para-hydroxylation sites is 2. The summed E-state index contributed by atoms with van der Waals surface area (Å²) in [5, 5.41) is 2.96. The van der Waals surface area contributed by atoms with Gasteiger partial charge in [0.25, 0.3) is 0 Å². The van der Waals surface area contributed by atoms with E-state index in [9.17, 15) is 4.79 Å². The molecule has 1 atom stereocenters. The van der Waals surface area contributed by atoms with Gasteiger partial charge in [-0.05, 0) is 24.1 Å². The number of nitrogens with one attached hydrogen (secondary N) is 1. The zero-order chi connectivity index (χ0) is 16.7. The van der Waals surface area contributed by atoms with Gasteiger partial charge < -0.3 is 16.0 Å². The van der Waals surface area contributed by atoms with E-state index in [-0.39, 0.29) is 5.91 Å². The van der Waals surface area contributed by atoms with E-state index in [1.165, 1.54) is 5.56 Å². The van der Waals surface area contributed by atoms with Crippen molar-refractivity contribution in [3.05, 3.63) is 60.2 Å². The Labute approximate surface area is 138 Å². The van der Waals surface area contributed by atoms with Crippen LogP contribution in [0.4, 0.5) is 11.4 Å². The molecule has 4 heteroatoms. The highest BCUT2D eigenvalue weighted by Gasteiger charge is 2.15. The van der Waals surface area contributed by atoms with E-state index in [4.69, 9.17) is 5.73 Å². The van der Waals surface area contributed by atoms with E-state index in [1.54, 1.807) is 0 Å². The molecule has 2 aromatic carbocycles. The third-order valence-corrected chi connectivity index (χ3v) is 3.77. The molecule has 122 valence electrons. The highest BCUT2D eigenvalue weighted by molar-refractivity contribution is 5.97. The van der Waals surface area contributed by atoms with E-state index >= 15 is 0 Å². The molecule has 0 radical (unpaired) electrons. The fourth-order valence-corrected chi connectivity index (χ4v) is 2.52. The van der Waals surface area contributed by atoms with Crippen LogP contribution in [0.2, 0.25) is 0 Å². The summed E-state index contributed by atoms with van der Waals surface area (Å²) in [6.45, 7) is 2.80. The van der Waals surface area contributed by atoms with E-state index in [1.807, 2.05) is 56.4 Å². The number of nitrogens with zero attached hydrogens (tertiary/aromatic N) is 1. The molecule has 0 aliphatic heterocycles. The van der Waals surface area contributed by atoms with Gasteiger partial charge in [-0.25, -0.2) is 0 Å². The first-order valence-electron chi connectivity index (χ1n) is 8.02. The van der Waals surface area contributed by atoms with Gasteiger partial charge in [-0.15, -0.1) is 0 Å². The third kappa shape index (κ3) is 4.83. The van der Waals surface area contributed by atoms with Crippen LogP contribution in [0.1, 0.15) is 25.3 Å². The third-order valence-electron chi connectivity index (χ3n) is 3.77. The van der Waals surface area contributed by atoms with E-state index in [0.29, 0.717) is 6.42 Å². The summed E-state index contributed by atoms with van der Waals surface area (Å²) in [6.07, 6.45) is 1.58. The Bertz CT molecular complexity index is 628. The zero-order valence-corrected chi connectivity index (χ0v) is 13.8. The van der Waals surface area contributed by atoms with Gasteiger partial charge in [0, 0.05) is 13.6 Å². The number of rotatable bonds is 7. The van der Waals surface area contributed by atoms with Crippen molar-refractivity contribution in [2.75, 3.05) is 17.3 Å². The van der Waals surface area contributed by atoms with Crippen LogP contribution in [0.15, 0.2) is 54.6 Å². The fourth-order valence-electron chi connectivity index (χ4n) is 2.52. The molecule has 0 aliphatic carbocycles. The van der Waals surface area contributed by atoms with Crippen molar-refractivity contribution >= 4 is 17.3 Å². The predicted octanol–water partition coefficient (Wildman–Crippen LogP) is 3.39. The fraction of sp³-hybridized carbons (Fsp3) is 0.316. The number of hydrogen-bond acceptors (Lipinski definition) is 3. The quantitative estimate of drug-likeness (QED) is 0.824. The second-order valence-corrected chi connectivity index (χ2v) is 5.74. The molecule has 0 saturated heterocycles. The zero-order valence-electron chi connectivity index (χ0n) is 13.8. The van der Waals surface area contributed by atoms with Crippen LogP contribution in [0.3, 0.4) is 0 Å². The molecule has 0 fully saturated rings. The minimum atomic E-state index is -0.465. The van der Waals surface area contributed by atoms with Gasteiger partial charge in [-0.1, -0.05) is 55.8 Å². The van der Waals surface area contributed by atoms with Crippen LogP contribution < -0.4 is 16.0 Å². The van der Waals surface area contributed by atoms with Crippen molar-refractivity contribution in [2.45, 2.75) is 32.4 Å². The van der Waals surface area contributed by atoms with Gasteiger partial charge in [0.2, 0.25) is 5.91 Å². The van der Waals surface area contributed by atoms with Crippen molar-refractivity contribution in [2.24, 2.45) is 5.73 Å². The van der Waals surface area contributed by atoms with Crippen molar-refractivity contribution in [3.8, 4) is 0 Å². The van der Waals surface area contributed by atoms with Crippen LogP contribution in [0.5, 0.6) is 0 Å². The lowest BCUT2D eigenvalue weighted by Crippen LogP contribution is -2.35. The largest absolute Gasteiger partial charge is 0.369 e. The Morgan fingerprint density at radius 3 is 2.48 bits per heavy atom. The van der Waals surface area contributed by atoms with Gasteiger partial charge in [0.15, 0.2) is 0 Å². The number of carbonyl (C=O) groups excluding carboxylic acids is 1. The molecular formula is C19H25N3O. The molecule has 0 heterocycles. The van der Waals surface area contributed by atoms with Gasteiger partial charge in [0.1, 0.15) is 0 Å². The smallest absolute Gasteiger partial charge is 0.241 e. The van der Waals surface area contributed by atoms with Crippen molar-refractivity contribution < 1.29 is 4.79 Å². The predicted molar refractivity (Wildman–Crippen MR) is 96.5 cm³/mol. The van der Waals surface area contributed by atoms with Gasteiger partial charge in [-0.2, -0.15) is 0 Å². The van der Waals surface area contributed by atoms with Crippen molar-refractivity contribution in [3.63, 3.8) is 0 Å². The molecule has 1 unspecified atom stereocenters. The molecule has 0 aliphatic rings. The molecule has 3 N–H and O–H groups in total. The molecule has 2 aromatic rings. The van der Waals surface area contributed by atoms with Gasteiger partial charge in [-0.3, -0.25) is 4.79 Å². The minimum absolute atomic E-state index is 0.132. The normalized spacial score (nSPS) is 11.8. The van der Waals surface area contributed by atoms with Crippen LogP contribution in [-0.2, 0) is 11.3 Å². The lowest BCUT2D eigenvalue weighted by atomic mass is 10.1. The SMILES string of the molecule is CCCC(N)C(=O)Nc1ccccc1N(C)Cc1ccccc1. The summed E-state index contributed by atoms with van der Waals surface area (Å²) in [5.74, 6) is -0.132. The monoisotopic (exact) mass is 311 g/mol. The Morgan fingerprint density at radius 2 is 1.78 bits per heavy atom. The number of anilines is 2. The molecule has 0 bridgehead atoms. The summed E-state index contributed by atoms with van der Waals surface area (Å²) in [5.41, 5.74) is 8.89. The van der Waals surface area contributed by atoms with Crippen molar-refractivity contribution in [1.29, 1.82) is 0 Å². The van der Waals surface area contributed by atoms with E-state index in [0.717, 1.165) is 24.3 Å². The number of carbonyl (C=O) groups is 1. The molecule has 1 amide bonds. The number of benzene rings is 2. The number of hydrogen-bond donors (Lipinski definition) is 2. The van der Waals surface area contributed by atoms with E-state index < -0.39 is 6.04 Å². The molecular weight excluding hydrogens is 286 g/mol. The Balaban J connectivity index is 2.12. The van der Waals surface area contributed by atoms with Gasteiger partial charge in [0.05, 0.1) is 17.4 Å². The van der Waals surface area contributed by atoms with Crippen LogP contribution in [-0.4, -0.2) is 19.0 Å². The average Bonchev–Trinajstić information content (AvgIpc) is 2.56. The minimum Gasteiger partial charge on any atom is -0.369 e. The standard InChI is InChI=1S/C19H25N3O/c1-3-9-16(20)19(23)21-17-12-7-8-13-18(17)22(2)14-15-10-5-4-6-11-15/h4-8,10-13,16H,3,9,14,20H2,1-2H3,(H,21,23). The summed E-state index contributed by atoms with van der Waals surface area (Å²) in [4.78, 5) is 14.3. The lowest BCUT2D eigenvalue weighted by molar-refractivity contribution is -0.117.